The molecule has 0 aliphatic carbocycles. The first-order valence-electron chi connectivity index (χ1n) is 24.2. The Kier molecular flexibility index (Phi) is 14.1. The first-order chi connectivity index (χ1) is 32.3. The van der Waals surface area contributed by atoms with Crippen LogP contribution in [0, 0.1) is 17.3 Å². The SMILES string of the molecule is CCn1c(-c2cccnc2C(C)C)c2c3cc(ccc31)-c1cc(O)cc(c1)C[C@H](NC(=O)[C@H](C(C)C)N(C)C(=O)C1CCN(S(=O)(=O)[C@H]3CN3)CC1)C(=O)N1CCC[C@H](N1)C(=O)OCC(C)(C)C2. The summed E-state index contributed by atoms with van der Waals surface area (Å²) in [5.74, 6) is -2.44. The van der Waals surface area contributed by atoms with Crippen LogP contribution in [0.3, 0.4) is 0 Å². The number of carbonyl (C=O) groups is 4. The number of sulfonamides is 1. The number of pyridine rings is 1. The van der Waals surface area contributed by atoms with Gasteiger partial charge in [-0.05, 0) is 110 Å². The maximum absolute atomic E-state index is 14.8. The van der Waals surface area contributed by atoms with Crippen molar-refractivity contribution in [2.24, 2.45) is 17.3 Å². The lowest BCUT2D eigenvalue weighted by Gasteiger charge is -2.38. The molecule has 366 valence electrons. The smallest absolute Gasteiger partial charge is 0.324 e. The van der Waals surface area contributed by atoms with E-state index in [4.69, 9.17) is 9.72 Å². The lowest BCUT2D eigenvalue weighted by molar-refractivity contribution is -0.155. The van der Waals surface area contributed by atoms with Gasteiger partial charge in [0.25, 0.3) is 5.91 Å². The third-order valence-corrected chi connectivity index (χ3v) is 16.2. The predicted octanol–water partition coefficient (Wildman–Crippen LogP) is 5.32. The maximum Gasteiger partial charge on any atom is 0.324 e. The number of phenolic OH excluding ortho intramolecular Hbond substituents is 1. The van der Waals surface area contributed by atoms with Gasteiger partial charge >= 0.3 is 5.97 Å². The Labute approximate surface area is 400 Å². The number of benzene rings is 2. The van der Waals surface area contributed by atoms with Gasteiger partial charge in [-0.15, -0.1) is 0 Å². The average Bonchev–Trinajstić information content (AvgIpc) is 4.14. The third-order valence-electron chi connectivity index (χ3n) is 14.0. The van der Waals surface area contributed by atoms with E-state index in [1.807, 2.05) is 38.2 Å². The quantitative estimate of drug-likeness (QED) is 0.118. The molecule has 3 fully saturated rings. The van der Waals surface area contributed by atoms with Crippen molar-refractivity contribution in [3.63, 3.8) is 0 Å². The second-order valence-electron chi connectivity index (χ2n) is 20.6. The van der Waals surface area contributed by atoms with Gasteiger partial charge in [0, 0.05) is 80.2 Å². The molecule has 0 saturated carbocycles. The highest BCUT2D eigenvalue weighted by Crippen LogP contribution is 2.42. The maximum atomic E-state index is 14.8. The lowest BCUT2D eigenvalue weighted by Crippen LogP contribution is -2.62. The van der Waals surface area contributed by atoms with Crippen molar-refractivity contribution in [2.45, 2.75) is 123 Å². The molecule has 0 spiro atoms. The molecular formula is C51H68N8O8S. The van der Waals surface area contributed by atoms with Gasteiger partial charge in [0.15, 0.2) is 0 Å². The van der Waals surface area contributed by atoms with E-state index in [9.17, 15) is 32.7 Å². The Bertz CT molecular complexity index is 2690. The number of aromatic nitrogens is 2. The molecule has 16 nitrogen and oxygen atoms in total. The van der Waals surface area contributed by atoms with Gasteiger partial charge in [0.05, 0.1) is 18.0 Å². The first-order valence-corrected chi connectivity index (χ1v) is 25.8. The van der Waals surface area contributed by atoms with Crippen LogP contribution in [0.5, 0.6) is 5.75 Å². The number of amides is 3. The zero-order chi connectivity index (χ0) is 48.8. The number of hydrogen-bond donors (Lipinski definition) is 4. The van der Waals surface area contributed by atoms with E-state index in [2.05, 4.69) is 73.4 Å². The molecule has 4 atom stereocenters. The molecule has 4 aliphatic rings. The molecule has 3 amide bonds. The van der Waals surface area contributed by atoms with E-state index >= 15 is 0 Å². The highest BCUT2D eigenvalue weighted by molar-refractivity contribution is 7.90. The van der Waals surface area contributed by atoms with Gasteiger partial charge in [0.2, 0.25) is 21.8 Å². The number of hydrogen-bond acceptors (Lipinski definition) is 11. The number of ether oxygens (including phenoxy) is 1. The fraction of sp³-hybridized carbons (Fsp3) is 0.549. The molecular weight excluding hydrogens is 885 g/mol. The molecule has 2 aromatic carbocycles. The van der Waals surface area contributed by atoms with Gasteiger partial charge in [-0.3, -0.25) is 34.5 Å². The van der Waals surface area contributed by atoms with Gasteiger partial charge in [-0.2, -0.15) is 0 Å². The van der Waals surface area contributed by atoms with E-state index in [0.717, 1.165) is 44.5 Å². The van der Waals surface area contributed by atoms with Crippen LogP contribution in [-0.2, 0) is 53.3 Å². The monoisotopic (exact) mass is 952 g/mol. The van der Waals surface area contributed by atoms with Crippen molar-refractivity contribution in [2.75, 3.05) is 39.8 Å². The minimum atomic E-state index is -3.47. The van der Waals surface area contributed by atoms with Crippen LogP contribution in [0.1, 0.15) is 96.9 Å². The Balaban J connectivity index is 1.16. The molecule has 0 unspecified atom stereocenters. The normalized spacial score (nSPS) is 22.2. The molecule has 0 radical (unpaired) electrons. The number of nitrogens with zero attached hydrogens (tertiary/aromatic N) is 5. The summed E-state index contributed by atoms with van der Waals surface area (Å²) < 4.78 is 35.6. The molecule has 8 rings (SSSR count). The summed E-state index contributed by atoms with van der Waals surface area (Å²) in [5.41, 5.74) is 10.0. The van der Waals surface area contributed by atoms with Crippen LogP contribution in [-0.4, -0.2) is 124 Å². The van der Waals surface area contributed by atoms with Gasteiger partial charge in [-0.1, -0.05) is 53.7 Å². The zero-order valence-electron chi connectivity index (χ0n) is 40.7. The highest BCUT2D eigenvalue weighted by atomic mass is 32.2. The van der Waals surface area contributed by atoms with Crippen LogP contribution in [0.25, 0.3) is 33.3 Å². The van der Waals surface area contributed by atoms with Crippen molar-refractivity contribution >= 4 is 44.6 Å². The molecule has 17 heteroatoms. The van der Waals surface area contributed by atoms with Crippen molar-refractivity contribution in [3.8, 4) is 28.1 Å². The summed E-state index contributed by atoms with van der Waals surface area (Å²) in [6.07, 6.45) is 3.99. The van der Waals surface area contributed by atoms with Crippen molar-refractivity contribution < 1.29 is 37.4 Å². The number of nitrogens with one attached hydrogen (secondary N) is 3. The largest absolute Gasteiger partial charge is 0.508 e. The second kappa shape index (κ2) is 19.6. The minimum Gasteiger partial charge on any atom is -0.508 e. The number of aromatic hydroxyl groups is 1. The number of cyclic esters (lactones) is 1. The summed E-state index contributed by atoms with van der Waals surface area (Å²) in [5, 5.41) is 19.1. The van der Waals surface area contributed by atoms with Crippen molar-refractivity contribution in [3.05, 3.63) is 71.5 Å². The number of carbonyl (C=O) groups excluding carboxylic acids is 4. The summed E-state index contributed by atoms with van der Waals surface area (Å²) in [4.78, 5) is 63.7. The zero-order valence-corrected chi connectivity index (χ0v) is 41.5. The van der Waals surface area contributed by atoms with Crippen LogP contribution in [0.15, 0.2) is 54.7 Å². The number of piperidine rings is 1. The summed E-state index contributed by atoms with van der Waals surface area (Å²) in [6, 6.07) is 12.7. The average molecular weight is 953 g/mol. The number of phenols is 1. The van der Waals surface area contributed by atoms with E-state index < -0.39 is 62.6 Å². The molecule has 68 heavy (non-hydrogen) atoms. The summed E-state index contributed by atoms with van der Waals surface area (Å²) in [7, 11) is -1.89. The molecule has 4 aliphatic heterocycles. The Morgan fingerprint density at radius 1 is 1.01 bits per heavy atom. The van der Waals surface area contributed by atoms with Crippen LogP contribution < -0.4 is 16.1 Å². The number of hydrazine groups is 1. The van der Waals surface area contributed by atoms with Crippen LogP contribution in [0.4, 0.5) is 0 Å². The molecule has 3 saturated heterocycles. The van der Waals surface area contributed by atoms with E-state index in [-0.39, 0.29) is 56.2 Å². The molecule has 2 aromatic heterocycles. The fourth-order valence-corrected chi connectivity index (χ4v) is 12.1. The summed E-state index contributed by atoms with van der Waals surface area (Å²) in [6.45, 7) is 16.2. The number of likely N-dealkylation sites (N-methyl/N-ethyl adjacent to an activating group) is 1. The highest BCUT2D eigenvalue weighted by Gasteiger charge is 2.43. The molecule has 4 N–H and O–H groups in total. The minimum absolute atomic E-state index is 0.00817. The van der Waals surface area contributed by atoms with Crippen LogP contribution >= 0.6 is 0 Å². The topological polar surface area (TPSA) is 205 Å². The Hall–Kier alpha value is -5.36. The number of esters is 1. The standard InChI is InChI=1S/C51H68N8O8S/c1-9-58-42-15-14-34-26-38(42)39(46(58)37-12-10-18-52-44(37)30(2)3)27-51(6,7)29-67-50(64)40-13-11-19-59(55-40)49(63)41(24-32-22-35(34)25-36(60)23-32)54-47(61)45(31(4)5)56(8)48(62)33-16-20-57(21-17-33)68(65,66)43-28-53-43/h10,12,14-15,18,22-23,25-26,30-31,33,40-41,43,45,53,55,60H,9,11,13,16-17,19-21,24,27-29H2,1-8H3,(H,54,61)/t40-,41-,43-,45-/m0/s1. The third kappa shape index (κ3) is 10.0. The Morgan fingerprint density at radius 3 is 2.43 bits per heavy atom. The Morgan fingerprint density at radius 2 is 1.75 bits per heavy atom. The number of rotatable bonds is 10. The number of aryl methyl sites for hydroxylation is 1. The summed E-state index contributed by atoms with van der Waals surface area (Å²) >= 11 is 0. The van der Waals surface area contributed by atoms with Gasteiger partial charge in [-0.25, -0.2) is 18.1 Å². The van der Waals surface area contributed by atoms with Crippen LogP contribution in [0.2, 0.25) is 0 Å². The molecule has 6 heterocycles. The lowest BCUT2D eigenvalue weighted by atomic mass is 9.83. The van der Waals surface area contributed by atoms with Gasteiger partial charge < -0.3 is 24.6 Å². The molecule has 6 bridgehead atoms. The van der Waals surface area contributed by atoms with E-state index in [1.54, 1.807) is 19.2 Å². The van der Waals surface area contributed by atoms with Gasteiger partial charge in [0.1, 0.15) is 29.2 Å². The molecule has 4 aromatic rings. The second-order valence-corrected chi connectivity index (χ2v) is 22.7. The van der Waals surface area contributed by atoms with Crippen molar-refractivity contribution in [1.29, 1.82) is 0 Å². The van der Waals surface area contributed by atoms with E-state index in [0.29, 0.717) is 50.8 Å². The first kappa shape index (κ1) is 49.1. The number of fused-ring (bicyclic) bond motifs is 6. The fourth-order valence-electron chi connectivity index (χ4n) is 10.5. The van der Waals surface area contributed by atoms with E-state index in [1.165, 1.54) is 14.2 Å². The predicted molar refractivity (Wildman–Crippen MR) is 260 cm³/mol. The van der Waals surface area contributed by atoms with Crippen molar-refractivity contribution in [1.82, 2.24) is 39.8 Å².